The molecule has 0 amide bonds. The van der Waals surface area contributed by atoms with Crippen molar-refractivity contribution in [1.29, 1.82) is 0 Å². The highest BCUT2D eigenvalue weighted by Gasteiger charge is 2.05. The fourth-order valence-corrected chi connectivity index (χ4v) is 1.84. The second-order valence-electron chi connectivity index (χ2n) is 2.99. The van der Waals surface area contributed by atoms with E-state index in [1.54, 1.807) is 6.08 Å². The van der Waals surface area contributed by atoms with Gasteiger partial charge in [0.25, 0.3) is 0 Å². The van der Waals surface area contributed by atoms with E-state index in [0.717, 1.165) is 15.4 Å². The summed E-state index contributed by atoms with van der Waals surface area (Å²) in [7, 11) is 1.92. The van der Waals surface area contributed by atoms with E-state index in [2.05, 4.69) is 20.9 Å². The normalized spacial score (nSPS) is 10.1. The molecule has 1 heterocycles. The Kier molecular flexibility index (Phi) is 2.23. The smallest absolute Gasteiger partial charge is 0.240 e. The minimum Gasteiger partial charge on any atom is -0.348 e. The average molecular weight is 251 g/mol. The predicted molar refractivity (Wildman–Crippen MR) is 58.4 cm³/mol. The lowest BCUT2D eigenvalue weighted by molar-refractivity contribution is 0.565. The summed E-state index contributed by atoms with van der Waals surface area (Å²) in [5.74, 6) is 0. The molecular formula is C10H7BrN2O. The van der Waals surface area contributed by atoms with E-state index in [1.165, 1.54) is 0 Å². The summed E-state index contributed by atoms with van der Waals surface area (Å²) < 4.78 is 2.90. The molecule has 0 fully saturated rings. The van der Waals surface area contributed by atoms with Crippen LogP contribution in [0.5, 0.6) is 0 Å². The highest BCUT2D eigenvalue weighted by Crippen LogP contribution is 2.29. The predicted octanol–water partition coefficient (Wildman–Crippen LogP) is 2.91. The minimum atomic E-state index is 0.652. The van der Waals surface area contributed by atoms with Gasteiger partial charge < -0.3 is 4.57 Å². The van der Waals surface area contributed by atoms with Crippen LogP contribution >= 0.6 is 15.9 Å². The molecule has 2 aromatic rings. The van der Waals surface area contributed by atoms with Crippen molar-refractivity contribution in [2.75, 3.05) is 0 Å². The number of isocyanates is 1. The van der Waals surface area contributed by atoms with Gasteiger partial charge in [0.2, 0.25) is 6.08 Å². The molecule has 70 valence electrons. The number of halogens is 1. The van der Waals surface area contributed by atoms with E-state index in [0.29, 0.717) is 5.69 Å². The summed E-state index contributed by atoms with van der Waals surface area (Å²) in [6.45, 7) is 0. The van der Waals surface area contributed by atoms with Crippen LogP contribution in [0.1, 0.15) is 0 Å². The summed E-state index contributed by atoms with van der Waals surface area (Å²) >= 11 is 3.38. The van der Waals surface area contributed by atoms with Crippen molar-refractivity contribution in [3.05, 3.63) is 28.9 Å². The van der Waals surface area contributed by atoms with Crippen LogP contribution in [-0.4, -0.2) is 10.6 Å². The molecule has 0 unspecified atom stereocenters. The van der Waals surface area contributed by atoms with Crippen molar-refractivity contribution in [2.24, 2.45) is 12.0 Å². The van der Waals surface area contributed by atoms with E-state index in [9.17, 15) is 4.79 Å². The Labute approximate surface area is 89.2 Å². The summed E-state index contributed by atoms with van der Waals surface area (Å²) in [5, 5.41) is 0.949. The highest BCUT2D eigenvalue weighted by atomic mass is 79.9. The van der Waals surface area contributed by atoms with Crippen LogP contribution in [0.25, 0.3) is 10.9 Å². The number of aryl methyl sites for hydroxylation is 1. The van der Waals surface area contributed by atoms with Crippen molar-refractivity contribution in [2.45, 2.75) is 0 Å². The molecule has 1 aromatic heterocycles. The fraction of sp³-hybridized carbons (Fsp3) is 0.100. The van der Waals surface area contributed by atoms with Gasteiger partial charge in [-0.2, -0.15) is 4.99 Å². The molecule has 0 saturated carbocycles. The average Bonchev–Trinajstić information content (AvgIpc) is 2.44. The van der Waals surface area contributed by atoms with E-state index >= 15 is 0 Å². The van der Waals surface area contributed by atoms with Crippen LogP contribution in [-0.2, 0) is 11.8 Å². The maximum absolute atomic E-state index is 10.2. The summed E-state index contributed by atoms with van der Waals surface area (Å²) in [5.41, 5.74) is 1.70. The summed E-state index contributed by atoms with van der Waals surface area (Å²) in [4.78, 5) is 13.8. The zero-order chi connectivity index (χ0) is 10.1. The molecule has 0 aliphatic rings. The molecule has 0 saturated heterocycles. The number of nitrogens with zero attached hydrogens (tertiary/aromatic N) is 2. The van der Waals surface area contributed by atoms with Crippen LogP contribution in [0, 0.1) is 0 Å². The molecule has 0 bridgehead atoms. The first-order chi connectivity index (χ1) is 6.72. The summed E-state index contributed by atoms with van der Waals surface area (Å²) in [6, 6.07) is 5.87. The Morgan fingerprint density at radius 1 is 1.50 bits per heavy atom. The highest BCUT2D eigenvalue weighted by molar-refractivity contribution is 9.10. The van der Waals surface area contributed by atoms with E-state index in [4.69, 9.17) is 0 Å². The number of aromatic nitrogens is 1. The molecule has 0 aliphatic heterocycles. The SMILES string of the molecule is Cn1cc(N=C=O)c2cc(Br)ccc21. The number of rotatable bonds is 1. The van der Waals surface area contributed by atoms with Crippen LogP contribution < -0.4 is 0 Å². The van der Waals surface area contributed by atoms with Gasteiger partial charge in [0.15, 0.2) is 0 Å². The maximum Gasteiger partial charge on any atom is 0.240 e. The Morgan fingerprint density at radius 2 is 2.29 bits per heavy atom. The van der Waals surface area contributed by atoms with Gasteiger partial charge in [0.1, 0.15) is 5.69 Å². The molecule has 1 aromatic carbocycles. The lowest BCUT2D eigenvalue weighted by Crippen LogP contribution is -1.82. The van der Waals surface area contributed by atoms with Crippen molar-refractivity contribution < 1.29 is 4.79 Å². The molecule has 2 rings (SSSR count). The van der Waals surface area contributed by atoms with Gasteiger partial charge in [-0.15, -0.1) is 0 Å². The lowest BCUT2D eigenvalue weighted by Gasteiger charge is -1.95. The number of carbonyl (C=O) groups excluding carboxylic acids is 1. The number of aliphatic imine (C=N–C) groups is 1. The van der Waals surface area contributed by atoms with Gasteiger partial charge in [-0.3, -0.25) is 0 Å². The molecule has 4 heteroatoms. The quantitative estimate of drug-likeness (QED) is 0.566. The van der Waals surface area contributed by atoms with Crippen LogP contribution in [0.15, 0.2) is 33.9 Å². The third-order valence-electron chi connectivity index (χ3n) is 2.10. The first kappa shape index (κ1) is 9.19. The molecule has 0 radical (unpaired) electrons. The molecule has 0 spiro atoms. The van der Waals surface area contributed by atoms with Crippen molar-refractivity contribution in [3.63, 3.8) is 0 Å². The van der Waals surface area contributed by atoms with Crippen LogP contribution in [0.3, 0.4) is 0 Å². The van der Waals surface area contributed by atoms with Gasteiger partial charge in [-0.1, -0.05) is 15.9 Å². The van der Waals surface area contributed by atoms with Crippen LogP contribution in [0.2, 0.25) is 0 Å². The van der Waals surface area contributed by atoms with Crippen molar-refractivity contribution in [3.8, 4) is 0 Å². The molecule has 3 nitrogen and oxygen atoms in total. The molecule has 14 heavy (non-hydrogen) atoms. The van der Waals surface area contributed by atoms with Gasteiger partial charge >= 0.3 is 0 Å². The van der Waals surface area contributed by atoms with Crippen LogP contribution in [0.4, 0.5) is 5.69 Å². The second kappa shape index (κ2) is 3.40. The zero-order valence-corrected chi connectivity index (χ0v) is 9.08. The van der Waals surface area contributed by atoms with Gasteiger partial charge in [-0.25, -0.2) is 4.79 Å². The zero-order valence-electron chi connectivity index (χ0n) is 7.49. The third-order valence-corrected chi connectivity index (χ3v) is 2.59. The number of benzene rings is 1. The second-order valence-corrected chi connectivity index (χ2v) is 3.91. The maximum atomic E-state index is 10.2. The van der Waals surface area contributed by atoms with E-state index in [1.807, 2.05) is 36.0 Å². The van der Waals surface area contributed by atoms with Gasteiger partial charge in [-0.05, 0) is 18.2 Å². The minimum absolute atomic E-state index is 0.652. The lowest BCUT2D eigenvalue weighted by atomic mass is 10.2. The Hall–Kier alpha value is -1.38. The van der Waals surface area contributed by atoms with Crippen molar-refractivity contribution >= 4 is 38.6 Å². The molecule has 0 N–H and O–H groups in total. The van der Waals surface area contributed by atoms with E-state index < -0.39 is 0 Å². The fourth-order valence-electron chi connectivity index (χ4n) is 1.48. The number of hydrogen-bond acceptors (Lipinski definition) is 2. The monoisotopic (exact) mass is 250 g/mol. The third kappa shape index (κ3) is 1.39. The van der Waals surface area contributed by atoms with E-state index in [-0.39, 0.29) is 0 Å². The molecular weight excluding hydrogens is 244 g/mol. The first-order valence-electron chi connectivity index (χ1n) is 4.05. The van der Waals surface area contributed by atoms with Gasteiger partial charge in [0, 0.05) is 23.1 Å². The Balaban J connectivity index is 2.85. The van der Waals surface area contributed by atoms with Crippen molar-refractivity contribution in [1.82, 2.24) is 4.57 Å². The Morgan fingerprint density at radius 3 is 3.00 bits per heavy atom. The summed E-state index contributed by atoms with van der Waals surface area (Å²) in [6.07, 6.45) is 3.36. The topological polar surface area (TPSA) is 34.4 Å². The number of fused-ring (bicyclic) bond motifs is 1. The van der Waals surface area contributed by atoms with Gasteiger partial charge in [0.05, 0.1) is 5.52 Å². The Bertz CT molecular complexity index is 538. The number of hydrogen-bond donors (Lipinski definition) is 0. The molecule has 0 atom stereocenters. The standard InChI is InChI=1S/C10H7BrN2O/c1-13-5-9(12-6-14)8-4-7(11)2-3-10(8)13/h2-5H,1H3. The first-order valence-corrected chi connectivity index (χ1v) is 4.84. The molecule has 0 aliphatic carbocycles. The largest absolute Gasteiger partial charge is 0.348 e.